The van der Waals surface area contributed by atoms with Crippen LogP contribution < -0.4 is 0 Å². The van der Waals surface area contributed by atoms with E-state index in [-0.39, 0.29) is 11.8 Å². The summed E-state index contributed by atoms with van der Waals surface area (Å²) in [5.41, 5.74) is 0.0926. The molecule has 0 spiro atoms. The van der Waals surface area contributed by atoms with Gasteiger partial charge < -0.3 is 0 Å². The second-order valence-corrected chi connectivity index (χ2v) is 6.75. The molecule has 0 aliphatic rings. The van der Waals surface area contributed by atoms with Gasteiger partial charge in [0.25, 0.3) is 10.1 Å². The summed E-state index contributed by atoms with van der Waals surface area (Å²) in [6.45, 7) is 7.05. The van der Waals surface area contributed by atoms with Crippen molar-refractivity contribution in [1.82, 2.24) is 0 Å². The minimum absolute atomic E-state index is 0.0926. The first-order valence-corrected chi connectivity index (χ1v) is 6.62. The Kier molecular flexibility index (Phi) is 4.73. The fraction of sp³-hybridized carbons (Fsp3) is 1.00. The Morgan fingerprint density at radius 2 is 1.67 bits per heavy atom. The van der Waals surface area contributed by atoms with Gasteiger partial charge in [-0.15, -0.1) is 0 Å². The first-order valence-electron chi connectivity index (χ1n) is 5.18. The zero-order valence-electron chi connectivity index (χ0n) is 9.88. The van der Waals surface area contributed by atoms with Crippen molar-refractivity contribution >= 4 is 10.1 Å². The maximum absolute atomic E-state index is 13.4. The summed E-state index contributed by atoms with van der Waals surface area (Å²) in [4.78, 5) is 0. The number of rotatable bonds is 6. The molecule has 3 nitrogen and oxygen atoms in total. The Labute approximate surface area is 91.8 Å². The van der Waals surface area contributed by atoms with Gasteiger partial charge in [0.1, 0.15) is 0 Å². The molecule has 0 aliphatic heterocycles. The minimum atomic E-state index is -4.59. The van der Waals surface area contributed by atoms with Gasteiger partial charge in [-0.25, -0.2) is 4.39 Å². The van der Waals surface area contributed by atoms with Gasteiger partial charge in [-0.2, -0.15) is 8.42 Å². The Hall–Kier alpha value is -0.160. The molecule has 15 heavy (non-hydrogen) atoms. The van der Waals surface area contributed by atoms with Crippen LogP contribution in [-0.4, -0.2) is 18.0 Å². The van der Waals surface area contributed by atoms with Crippen molar-refractivity contribution in [3.8, 4) is 0 Å². The third-order valence-corrected chi connectivity index (χ3v) is 4.25. The first-order chi connectivity index (χ1) is 6.52. The largest absolute Gasteiger partial charge is 0.300 e. The molecule has 1 N–H and O–H groups in total. The lowest BCUT2D eigenvalue weighted by Crippen LogP contribution is -2.30. The lowest BCUT2D eigenvalue weighted by molar-refractivity contribution is 0.225. The number of alkyl halides is 1. The smallest absolute Gasteiger partial charge is 0.283 e. The van der Waals surface area contributed by atoms with Crippen molar-refractivity contribution in [3.05, 3.63) is 0 Å². The van der Waals surface area contributed by atoms with Crippen LogP contribution in [0.1, 0.15) is 53.4 Å². The van der Waals surface area contributed by atoms with Crippen molar-refractivity contribution < 1.29 is 17.4 Å². The quantitative estimate of drug-likeness (QED) is 0.725. The molecule has 0 radical (unpaired) electrons. The molecule has 1 unspecified atom stereocenters. The van der Waals surface area contributed by atoms with E-state index in [9.17, 15) is 12.8 Å². The molecule has 5 heteroatoms. The van der Waals surface area contributed by atoms with Crippen LogP contribution in [-0.2, 0) is 10.1 Å². The van der Waals surface area contributed by atoms with Crippen LogP contribution in [0.3, 0.4) is 0 Å². The Morgan fingerprint density at radius 3 is 2.00 bits per heavy atom. The highest BCUT2D eigenvalue weighted by atomic mass is 32.2. The molecule has 0 saturated heterocycles. The van der Waals surface area contributed by atoms with Crippen molar-refractivity contribution in [1.29, 1.82) is 0 Å². The van der Waals surface area contributed by atoms with Crippen LogP contribution in [0.5, 0.6) is 0 Å². The van der Waals surface area contributed by atoms with Crippen LogP contribution in [0.25, 0.3) is 0 Å². The van der Waals surface area contributed by atoms with Crippen molar-refractivity contribution in [2.45, 2.75) is 58.4 Å². The van der Waals surface area contributed by atoms with Gasteiger partial charge in [-0.05, 0) is 31.6 Å². The minimum Gasteiger partial charge on any atom is -0.283 e. The van der Waals surface area contributed by atoms with E-state index in [1.54, 1.807) is 0 Å². The zero-order valence-corrected chi connectivity index (χ0v) is 10.7. The third kappa shape index (κ3) is 4.93. The lowest BCUT2D eigenvalue weighted by Gasteiger charge is -2.24. The summed E-state index contributed by atoms with van der Waals surface area (Å²) < 4.78 is 43.4. The maximum Gasteiger partial charge on any atom is 0.300 e. The first kappa shape index (κ1) is 14.8. The predicted octanol–water partition coefficient (Wildman–Crippen LogP) is 3.17. The van der Waals surface area contributed by atoms with Gasteiger partial charge in [0.05, 0.1) is 0 Å². The average Bonchev–Trinajstić information content (AvgIpc) is 2.01. The molecule has 0 rings (SSSR count). The van der Waals surface area contributed by atoms with Gasteiger partial charge in [-0.1, -0.05) is 27.2 Å². The summed E-state index contributed by atoms with van der Waals surface area (Å²) in [6, 6.07) is 0. The molecule has 0 aliphatic carbocycles. The zero-order chi connectivity index (χ0) is 12.3. The van der Waals surface area contributed by atoms with Crippen LogP contribution >= 0.6 is 0 Å². The van der Waals surface area contributed by atoms with E-state index in [1.807, 2.05) is 6.92 Å². The molecule has 0 fully saturated rings. The van der Waals surface area contributed by atoms with Gasteiger partial charge in [0.15, 0.2) is 0 Å². The van der Waals surface area contributed by atoms with Gasteiger partial charge >= 0.3 is 0 Å². The monoisotopic (exact) mass is 240 g/mol. The summed E-state index contributed by atoms with van der Waals surface area (Å²) in [7, 11) is -4.59. The van der Waals surface area contributed by atoms with Crippen molar-refractivity contribution in [2.24, 2.45) is 5.41 Å². The third-order valence-electron chi connectivity index (χ3n) is 2.97. The topological polar surface area (TPSA) is 54.4 Å². The van der Waals surface area contributed by atoms with Crippen molar-refractivity contribution in [3.63, 3.8) is 0 Å². The lowest BCUT2D eigenvalue weighted by atomic mass is 9.84. The fourth-order valence-corrected chi connectivity index (χ4v) is 1.59. The van der Waals surface area contributed by atoms with E-state index in [2.05, 4.69) is 13.8 Å². The predicted molar refractivity (Wildman–Crippen MR) is 59.0 cm³/mol. The highest BCUT2D eigenvalue weighted by molar-refractivity contribution is 7.87. The van der Waals surface area contributed by atoms with Gasteiger partial charge in [-0.3, -0.25) is 4.55 Å². The van der Waals surface area contributed by atoms with Crippen LogP contribution in [0.2, 0.25) is 0 Å². The summed E-state index contributed by atoms with van der Waals surface area (Å²) >= 11 is 0. The van der Waals surface area contributed by atoms with Crippen LogP contribution in [0.15, 0.2) is 0 Å². The molecule has 0 aromatic heterocycles. The standard InChI is InChI=1S/C10H21FO3S/c1-5-9(2,3)7-6-8-10(4,11)15(12,13)14/h5-8H2,1-4H3,(H,12,13,14). The highest BCUT2D eigenvalue weighted by Crippen LogP contribution is 2.31. The molecule has 0 aromatic rings. The second kappa shape index (κ2) is 4.78. The average molecular weight is 240 g/mol. The van der Waals surface area contributed by atoms with Crippen LogP contribution in [0.4, 0.5) is 4.39 Å². The van der Waals surface area contributed by atoms with E-state index in [0.29, 0.717) is 6.42 Å². The SMILES string of the molecule is CCC(C)(C)CCCC(C)(F)S(=O)(=O)O. The van der Waals surface area contributed by atoms with Gasteiger partial charge in [0.2, 0.25) is 5.00 Å². The Balaban J connectivity index is 4.19. The van der Waals surface area contributed by atoms with E-state index in [1.165, 1.54) is 0 Å². The molecular formula is C10H21FO3S. The molecule has 0 saturated carbocycles. The van der Waals surface area contributed by atoms with E-state index >= 15 is 0 Å². The molecule has 0 amide bonds. The second-order valence-electron chi connectivity index (χ2n) is 4.95. The number of halogens is 1. The molecule has 0 heterocycles. The van der Waals surface area contributed by atoms with Gasteiger partial charge in [0, 0.05) is 0 Å². The van der Waals surface area contributed by atoms with E-state index < -0.39 is 15.1 Å². The normalized spacial score (nSPS) is 17.5. The van der Waals surface area contributed by atoms with E-state index in [4.69, 9.17) is 4.55 Å². The Bertz CT molecular complexity index is 294. The maximum atomic E-state index is 13.4. The molecule has 0 bridgehead atoms. The molecular weight excluding hydrogens is 219 g/mol. The summed E-state index contributed by atoms with van der Waals surface area (Å²) in [5.74, 6) is 0. The van der Waals surface area contributed by atoms with E-state index in [0.717, 1.165) is 19.8 Å². The Morgan fingerprint density at radius 1 is 1.20 bits per heavy atom. The van der Waals surface area contributed by atoms with Crippen molar-refractivity contribution in [2.75, 3.05) is 0 Å². The highest BCUT2D eigenvalue weighted by Gasteiger charge is 2.37. The molecule has 1 atom stereocenters. The number of hydrogen-bond acceptors (Lipinski definition) is 2. The number of hydrogen-bond donors (Lipinski definition) is 1. The summed E-state index contributed by atoms with van der Waals surface area (Å²) in [5, 5.41) is -2.52. The summed E-state index contributed by atoms with van der Waals surface area (Å²) in [6.07, 6.45) is 2.00. The molecule has 0 aromatic carbocycles. The molecule has 92 valence electrons. The fourth-order valence-electron chi connectivity index (χ4n) is 1.19. The van der Waals surface area contributed by atoms with Crippen LogP contribution in [0, 0.1) is 5.41 Å².